The van der Waals surface area contributed by atoms with Crippen molar-refractivity contribution in [1.82, 2.24) is 9.80 Å². The molecule has 7 heteroatoms. The second kappa shape index (κ2) is 8.70. The number of Topliss-reactive ketones (excluding diaryl/α,β-unsaturated/α-hetero) is 1. The molecular formula is C17H22F2N2O3. The Balaban J connectivity index is 1.65. The lowest BCUT2D eigenvalue weighted by Crippen LogP contribution is -2.39. The van der Waals surface area contributed by atoms with E-state index in [2.05, 4.69) is 0 Å². The number of ketones is 1. The second-order valence-electron chi connectivity index (χ2n) is 6.05. The number of carbonyl (C=O) groups excluding carboxylic acids is 3. The van der Waals surface area contributed by atoms with Crippen molar-refractivity contribution < 1.29 is 23.2 Å². The Hall–Kier alpha value is -2.05. The highest BCUT2D eigenvalue weighted by molar-refractivity contribution is 6.36. The highest BCUT2D eigenvalue weighted by atomic mass is 19.1. The van der Waals surface area contributed by atoms with Gasteiger partial charge in [0.15, 0.2) is 0 Å². The van der Waals surface area contributed by atoms with Crippen LogP contribution in [0.25, 0.3) is 0 Å². The third kappa shape index (κ3) is 5.25. The first-order chi connectivity index (χ1) is 11.5. The summed E-state index contributed by atoms with van der Waals surface area (Å²) < 4.78 is 26.3. The van der Waals surface area contributed by atoms with E-state index in [9.17, 15) is 23.2 Å². The van der Waals surface area contributed by atoms with Crippen LogP contribution >= 0.6 is 0 Å². The molecule has 5 nitrogen and oxygen atoms in total. The Morgan fingerprint density at radius 1 is 0.875 bits per heavy atom. The van der Waals surface area contributed by atoms with Crippen LogP contribution in [0.4, 0.5) is 8.78 Å². The maximum atomic E-state index is 13.1. The Kier molecular flexibility index (Phi) is 6.63. The third-order valence-electron chi connectivity index (χ3n) is 4.14. The Morgan fingerprint density at radius 3 is 2.04 bits per heavy atom. The van der Waals surface area contributed by atoms with Gasteiger partial charge in [-0.1, -0.05) is 0 Å². The molecule has 0 aromatic carbocycles. The minimum absolute atomic E-state index is 0.0181. The van der Waals surface area contributed by atoms with Crippen LogP contribution in [0.5, 0.6) is 0 Å². The molecule has 2 amide bonds. The monoisotopic (exact) mass is 340 g/mol. The molecular weight excluding hydrogens is 318 g/mol. The summed E-state index contributed by atoms with van der Waals surface area (Å²) in [4.78, 5) is 38.4. The van der Waals surface area contributed by atoms with Gasteiger partial charge in [0.05, 0.1) is 13.1 Å². The van der Waals surface area contributed by atoms with Crippen LogP contribution < -0.4 is 0 Å². The first-order valence-electron chi connectivity index (χ1n) is 8.26. The lowest BCUT2D eigenvalue weighted by atomic mass is 10.1. The maximum absolute atomic E-state index is 13.1. The van der Waals surface area contributed by atoms with Crippen molar-refractivity contribution in [2.75, 3.05) is 26.2 Å². The van der Waals surface area contributed by atoms with Crippen LogP contribution in [0.3, 0.4) is 0 Å². The van der Waals surface area contributed by atoms with Crippen LogP contribution in [0.1, 0.15) is 38.5 Å². The summed E-state index contributed by atoms with van der Waals surface area (Å²) in [5, 5.41) is 0. The quantitative estimate of drug-likeness (QED) is 0.551. The summed E-state index contributed by atoms with van der Waals surface area (Å²) in [6, 6.07) is 0. The number of rotatable bonds is 6. The molecule has 2 aliphatic heterocycles. The summed E-state index contributed by atoms with van der Waals surface area (Å²) in [5.41, 5.74) is 0. The van der Waals surface area contributed by atoms with Crippen molar-refractivity contribution in [3.05, 3.63) is 23.8 Å². The second-order valence-corrected chi connectivity index (χ2v) is 6.05. The zero-order valence-corrected chi connectivity index (χ0v) is 13.6. The molecule has 2 heterocycles. The zero-order valence-electron chi connectivity index (χ0n) is 13.6. The van der Waals surface area contributed by atoms with Crippen molar-refractivity contribution in [3.8, 4) is 0 Å². The molecule has 0 saturated heterocycles. The van der Waals surface area contributed by atoms with Gasteiger partial charge in [0.2, 0.25) is 11.7 Å². The number of nitrogens with zero attached hydrogens (tertiary/aromatic N) is 2. The summed E-state index contributed by atoms with van der Waals surface area (Å²) >= 11 is 0. The molecule has 0 N–H and O–H groups in total. The Labute approximate surface area is 140 Å². The van der Waals surface area contributed by atoms with Gasteiger partial charge in [-0.05, 0) is 37.8 Å². The number of unbranched alkanes of at least 4 members (excludes halogenated alkanes) is 1. The SMILES string of the molecule is O=C(CCCCC(=O)N1CCC=C(F)C1)C(=O)N1CCC=C(F)C1. The fourth-order valence-corrected chi connectivity index (χ4v) is 2.80. The Bertz CT molecular complexity index is 572. The largest absolute Gasteiger partial charge is 0.336 e. The number of hydrogen-bond acceptors (Lipinski definition) is 3. The lowest BCUT2D eigenvalue weighted by molar-refractivity contribution is -0.144. The normalized spacial score (nSPS) is 18.1. The smallest absolute Gasteiger partial charge is 0.290 e. The topological polar surface area (TPSA) is 57.7 Å². The van der Waals surface area contributed by atoms with Crippen LogP contribution in [0.2, 0.25) is 0 Å². The molecule has 2 rings (SSSR count). The first kappa shape index (κ1) is 18.3. The first-order valence-corrected chi connectivity index (χ1v) is 8.26. The van der Waals surface area contributed by atoms with E-state index in [4.69, 9.17) is 0 Å². The van der Waals surface area contributed by atoms with Gasteiger partial charge in [0.1, 0.15) is 11.7 Å². The molecule has 0 spiro atoms. The van der Waals surface area contributed by atoms with E-state index in [1.54, 1.807) is 0 Å². The fourth-order valence-electron chi connectivity index (χ4n) is 2.80. The van der Waals surface area contributed by atoms with Crippen LogP contribution in [0.15, 0.2) is 23.8 Å². The van der Waals surface area contributed by atoms with Crippen LogP contribution in [-0.4, -0.2) is 53.6 Å². The van der Waals surface area contributed by atoms with Gasteiger partial charge in [0, 0.05) is 25.9 Å². The van der Waals surface area contributed by atoms with Crippen molar-refractivity contribution in [2.24, 2.45) is 0 Å². The zero-order chi connectivity index (χ0) is 17.5. The number of halogens is 2. The molecule has 24 heavy (non-hydrogen) atoms. The van der Waals surface area contributed by atoms with E-state index < -0.39 is 17.5 Å². The predicted octanol–water partition coefficient (Wildman–Crippen LogP) is 2.29. The van der Waals surface area contributed by atoms with Crippen LogP contribution in [-0.2, 0) is 14.4 Å². The molecule has 0 aromatic rings. The van der Waals surface area contributed by atoms with E-state index >= 15 is 0 Å². The van der Waals surface area contributed by atoms with Crippen molar-refractivity contribution >= 4 is 17.6 Å². The van der Waals surface area contributed by atoms with Crippen LogP contribution in [0, 0.1) is 0 Å². The number of amides is 2. The molecule has 0 atom stereocenters. The molecule has 2 aliphatic rings. The number of carbonyl (C=O) groups is 3. The number of hydrogen-bond donors (Lipinski definition) is 0. The van der Waals surface area contributed by atoms with E-state index in [0.717, 1.165) is 0 Å². The summed E-state index contributed by atoms with van der Waals surface area (Å²) in [6.07, 6.45) is 4.98. The standard InChI is InChI=1S/C17H22F2N2O3/c18-13-5-3-9-20(11-13)16(23)8-2-1-7-15(22)17(24)21-10-4-6-14(19)12-21/h5-6H,1-4,7-12H2. The summed E-state index contributed by atoms with van der Waals surface area (Å²) in [6.45, 7) is 0.740. The van der Waals surface area contributed by atoms with E-state index in [1.165, 1.54) is 22.0 Å². The van der Waals surface area contributed by atoms with Gasteiger partial charge >= 0.3 is 0 Å². The average molecular weight is 340 g/mol. The molecule has 0 bridgehead atoms. The van der Waals surface area contributed by atoms with Gasteiger partial charge in [0.25, 0.3) is 5.91 Å². The van der Waals surface area contributed by atoms with E-state index in [1.807, 2.05) is 0 Å². The third-order valence-corrected chi connectivity index (χ3v) is 4.14. The minimum atomic E-state index is -0.659. The molecule has 0 aliphatic carbocycles. The van der Waals surface area contributed by atoms with Gasteiger partial charge in [-0.3, -0.25) is 14.4 Å². The van der Waals surface area contributed by atoms with Crippen molar-refractivity contribution in [1.29, 1.82) is 0 Å². The molecule has 0 aromatic heterocycles. The molecule has 0 unspecified atom stereocenters. The molecule has 0 saturated carbocycles. The summed E-state index contributed by atoms with van der Waals surface area (Å²) in [5.74, 6) is -2.04. The summed E-state index contributed by atoms with van der Waals surface area (Å²) in [7, 11) is 0. The minimum Gasteiger partial charge on any atom is -0.336 e. The predicted molar refractivity (Wildman–Crippen MR) is 84.3 cm³/mol. The van der Waals surface area contributed by atoms with Gasteiger partial charge in [-0.15, -0.1) is 0 Å². The lowest BCUT2D eigenvalue weighted by Gasteiger charge is -2.24. The van der Waals surface area contributed by atoms with E-state index in [0.29, 0.717) is 38.8 Å². The van der Waals surface area contributed by atoms with Crippen molar-refractivity contribution in [3.63, 3.8) is 0 Å². The maximum Gasteiger partial charge on any atom is 0.290 e. The van der Waals surface area contributed by atoms with Gasteiger partial charge in [-0.25, -0.2) is 8.78 Å². The molecule has 0 fully saturated rings. The van der Waals surface area contributed by atoms with Gasteiger partial charge in [-0.2, -0.15) is 0 Å². The Morgan fingerprint density at radius 2 is 1.42 bits per heavy atom. The molecule has 0 radical (unpaired) electrons. The van der Waals surface area contributed by atoms with Crippen molar-refractivity contribution in [2.45, 2.75) is 38.5 Å². The van der Waals surface area contributed by atoms with E-state index in [-0.39, 0.29) is 37.7 Å². The highest BCUT2D eigenvalue weighted by Gasteiger charge is 2.24. The fraction of sp³-hybridized carbons (Fsp3) is 0.588. The van der Waals surface area contributed by atoms with Gasteiger partial charge < -0.3 is 9.80 Å². The average Bonchev–Trinajstić information content (AvgIpc) is 2.57. The molecule has 132 valence electrons. The highest BCUT2D eigenvalue weighted by Crippen LogP contribution is 2.14.